The number of carbonyl (C=O) groups excluding carboxylic acids is 3. The third-order valence-corrected chi connectivity index (χ3v) is 2.18. The summed E-state index contributed by atoms with van der Waals surface area (Å²) in [4.78, 5) is 38.2. The van der Waals surface area contributed by atoms with E-state index in [4.69, 9.17) is 18.5 Å². The van der Waals surface area contributed by atoms with Gasteiger partial charge in [0.1, 0.15) is 12.6 Å². The van der Waals surface area contributed by atoms with Crippen LogP contribution >= 0.6 is 0 Å². The van der Waals surface area contributed by atoms with E-state index >= 15 is 0 Å². The van der Waals surface area contributed by atoms with Crippen molar-refractivity contribution in [2.75, 3.05) is 13.2 Å². The van der Waals surface area contributed by atoms with Gasteiger partial charge in [-0.15, -0.1) is 0 Å². The van der Waals surface area contributed by atoms with E-state index in [1.54, 1.807) is 6.92 Å². The summed E-state index contributed by atoms with van der Waals surface area (Å²) < 4.78 is 52.9. The minimum absolute atomic E-state index is 0.223. The zero-order chi connectivity index (χ0) is 21.3. The van der Waals surface area contributed by atoms with Gasteiger partial charge in [-0.1, -0.05) is 0 Å². The molecule has 0 saturated carbocycles. The van der Waals surface area contributed by atoms with Gasteiger partial charge in [0, 0.05) is 21.3 Å². The molecular formula is C13H22N3O5+. The number of ether oxygens (including phenoxy) is 2. The predicted molar refractivity (Wildman–Crippen MR) is 72.9 cm³/mol. The Labute approximate surface area is 131 Å². The van der Waals surface area contributed by atoms with Crippen molar-refractivity contribution in [1.29, 1.82) is 5.53 Å². The van der Waals surface area contributed by atoms with Crippen molar-refractivity contribution in [2.24, 2.45) is 0 Å². The second-order valence-electron chi connectivity index (χ2n) is 3.84. The molecular weight excluding hydrogens is 278 g/mol. The van der Waals surface area contributed by atoms with E-state index in [-0.39, 0.29) is 19.4 Å². The summed E-state index contributed by atoms with van der Waals surface area (Å²) in [5.74, 6) is -2.67. The Morgan fingerprint density at radius 3 is 2.71 bits per heavy atom. The molecule has 21 heavy (non-hydrogen) atoms. The fourth-order valence-corrected chi connectivity index (χ4v) is 1.30. The monoisotopic (exact) mass is 306 g/mol. The summed E-state index contributed by atoms with van der Waals surface area (Å²) in [7, 11) is 0. The minimum Gasteiger partial charge on any atom is -0.461 e. The first-order valence-electron chi connectivity index (χ1n) is 9.13. The normalized spacial score (nSPS) is 16.9. The van der Waals surface area contributed by atoms with E-state index in [1.807, 2.05) is 0 Å². The number of nitrogens with zero attached hydrogens (tertiary/aromatic N) is 1. The summed E-state index contributed by atoms with van der Waals surface area (Å²) >= 11 is 0. The SMILES string of the molecule is [2H]C([2H])([2H])C(OC(=O)[C@H](CCC(=O)C=[N+]=N)NC(=O)COCC)C([2H])([2H])[2H]. The Kier molecular flexibility index (Phi) is 5.43. The molecule has 0 aliphatic carbocycles. The molecule has 0 aromatic heterocycles. The van der Waals surface area contributed by atoms with Gasteiger partial charge in [-0.25, -0.2) is 4.79 Å². The quantitative estimate of drug-likeness (QED) is 0.257. The molecule has 118 valence electrons. The summed E-state index contributed by atoms with van der Waals surface area (Å²) in [6.45, 7) is -4.77. The fourth-order valence-electron chi connectivity index (χ4n) is 1.30. The van der Waals surface area contributed by atoms with Crippen LogP contribution in [0.4, 0.5) is 0 Å². The van der Waals surface area contributed by atoms with Gasteiger partial charge in [-0.3, -0.25) is 9.59 Å². The molecule has 0 aromatic rings. The van der Waals surface area contributed by atoms with Gasteiger partial charge in [0.25, 0.3) is 0 Å². The van der Waals surface area contributed by atoms with Crippen molar-refractivity contribution < 1.29 is 36.9 Å². The summed E-state index contributed by atoms with van der Waals surface area (Å²) in [5.41, 5.74) is 6.57. The van der Waals surface area contributed by atoms with Crippen molar-refractivity contribution in [3.63, 3.8) is 0 Å². The Morgan fingerprint density at radius 2 is 2.14 bits per heavy atom. The minimum atomic E-state index is -3.12. The lowest BCUT2D eigenvalue weighted by Crippen LogP contribution is -2.44. The number of Topliss-reactive ketones (excluding diaryl/α,β-unsaturated/α-hetero) is 1. The average molecular weight is 306 g/mol. The number of ketones is 1. The molecule has 2 N–H and O–H groups in total. The number of carbonyl (C=O) groups is 3. The number of amides is 1. The van der Waals surface area contributed by atoms with Crippen LogP contribution in [-0.4, -0.2) is 54.0 Å². The van der Waals surface area contributed by atoms with Crippen LogP contribution in [0.3, 0.4) is 0 Å². The van der Waals surface area contributed by atoms with Crippen molar-refractivity contribution in [1.82, 2.24) is 5.32 Å². The van der Waals surface area contributed by atoms with Gasteiger partial charge >= 0.3 is 12.2 Å². The number of rotatable bonds is 10. The molecule has 8 nitrogen and oxygen atoms in total. The first-order chi connectivity index (χ1) is 12.3. The van der Waals surface area contributed by atoms with E-state index in [2.05, 4.69) is 14.8 Å². The fraction of sp³-hybridized carbons (Fsp3) is 0.692. The topological polar surface area (TPSA) is 120 Å². The van der Waals surface area contributed by atoms with Crippen LogP contribution in [0, 0.1) is 5.53 Å². The van der Waals surface area contributed by atoms with Gasteiger partial charge in [0.2, 0.25) is 11.7 Å². The highest BCUT2D eigenvalue weighted by Crippen LogP contribution is 2.03. The molecule has 0 bridgehead atoms. The molecule has 0 fully saturated rings. The summed E-state index contributed by atoms with van der Waals surface area (Å²) in [5, 5.41) is 2.21. The molecule has 1 atom stereocenters. The molecule has 8 heteroatoms. The molecule has 1 amide bonds. The summed E-state index contributed by atoms with van der Waals surface area (Å²) in [6, 6.07) is -1.48. The molecule has 0 heterocycles. The molecule has 0 radical (unpaired) electrons. The molecule has 0 spiro atoms. The third kappa shape index (κ3) is 9.48. The predicted octanol–water partition coefficient (Wildman–Crippen LogP) is 0.119. The van der Waals surface area contributed by atoms with E-state index in [1.165, 1.54) is 0 Å². The zero-order valence-corrected chi connectivity index (χ0v) is 11.5. The van der Waals surface area contributed by atoms with Gasteiger partial charge in [-0.2, -0.15) is 0 Å². The van der Waals surface area contributed by atoms with Crippen LogP contribution in [0.25, 0.3) is 0 Å². The Morgan fingerprint density at radius 1 is 1.43 bits per heavy atom. The highest BCUT2D eigenvalue weighted by Gasteiger charge is 2.24. The maximum Gasteiger partial charge on any atom is 0.372 e. The number of hydrogen-bond donors (Lipinski definition) is 2. The third-order valence-electron chi connectivity index (χ3n) is 2.18. The highest BCUT2D eigenvalue weighted by molar-refractivity contribution is 6.25. The second kappa shape index (κ2) is 10.7. The van der Waals surface area contributed by atoms with Gasteiger partial charge in [0.15, 0.2) is 0 Å². The molecule has 0 aliphatic heterocycles. The lowest BCUT2D eigenvalue weighted by molar-refractivity contribution is -0.152. The maximum atomic E-state index is 12.3. The van der Waals surface area contributed by atoms with E-state index in [0.29, 0.717) is 6.21 Å². The van der Waals surface area contributed by atoms with Crippen LogP contribution in [-0.2, 0) is 23.9 Å². The smallest absolute Gasteiger partial charge is 0.372 e. The lowest BCUT2D eigenvalue weighted by Gasteiger charge is -2.18. The number of esters is 1. The van der Waals surface area contributed by atoms with Crippen molar-refractivity contribution in [2.45, 2.75) is 45.6 Å². The number of nitrogens with one attached hydrogen (secondary N) is 2. The average Bonchev–Trinajstić information content (AvgIpc) is 2.52. The Bertz CT molecular complexity index is 572. The van der Waals surface area contributed by atoms with Gasteiger partial charge < -0.3 is 14.8 Å². The van der Waals surface area contributed by atoms with Crippen molar-refractivity contribution >= 4 is 23.9 Å². The first kappa shape index (κ1) is 10.6. The standard InChI is InChI=1S/C13H21N3O5/c1-4-20-8-12(18)16-11(13(19)21-9(2)3)6-5-10(17)7-15-14/h7,9,11,14H,4-6,8H2,1-3H3/p+1/t11-/m0/s1/i2D3,3D3. The molecule has 0 saturated heterocycles. The lowest BCUT2D eigenvalue weighted by atomic mass is 10.1. The summed E-state index contributed by atoms with van der Waals surface area (Å²) in [6.07, 6.45) is -2.33. The van der Waals surface area contributed by atoms with E-state index in [9.17, 15) is 14.4 Å². The van der Waals surface area contributed by atoms with Crippen LogP contribution in [0.2, 0.25) is 0 Å². The maximum absolute atomic E-state index is 12.3. The molecule has 0 rings (SSSR count). The van der Waals surface area contributed by atoms with Crippen LogP contribution in [0.1, 0.15) is 41.7 Å². The highest BCUT2D eigenvalue weighted by atomic mass is 16.5. The van der Waals surface area contributed by atoms with Gasteiger partial charge in [-0.05, 0) is 27.0 Å². The Balaban J connectivity index is 5.30. The molecule has 0 unspecified atom stereocenters. The van der Waals surface area contributed by atoms with Crippen LogP contribution in [0.5, 0.6) is 0 Å². The van der Waals surface area contributed by atoms with Crippen molar-refractivity contribution in [3.8, 4) is 0 Å². The van der Waals surface area contributed by atoms with Crippen LogP contribution in [0.15, 0.2) is 0 Å². The zero-order valence-electron chi connectivity index (χ0n) is 17.5. The second-order valence-corrected chi connectivity index (χ2v) is 3.84. The molecule has 0 aromatic carbocycles. The van der Waals surface area contributed by atoms with Crippen molar-refractivity contribution in [3.05, 3.63) is 0 Å². The van der Waals surface area contributed by atoms with E-state index < -0.39 is 50.1 Å². The van der Waals surface area contributed by atoms with Crippen LogP contribution < -0.4 is 5.32 Å². The largest absolute Gasteiger partial charge is 0.461 e. The van der Waals surface area contributed by atoms with Gasteiger partial charge in [0.05, 0.1) is 16.4 Å². The number of hydrogen-bond acceptors (Lipinski definition) is 6. The van der Waals surface area contributed by atoms with E-state index in [0.717, 1.165) is 0 Å². The first-order valence-corrected chi connectivity index (χ1v) is 6.13. The molecule has 0 aliphatic rings. The Hall–Kier alpha value is -2.05.